The quantitative estimate of drug-likeness (QED) is 0.750. The lowest BCUT2D eigenvalue weighted by atomic mass is 9.97. The van der Waals surface area contributed by atoms with Crippen LogP contribution in [0.5, 0.6) is 5.75 Å². The van der Waals surface area contributed by atoms with Crippen LogP contribution in [-0.4, -0.2) is 22.2 Å². The Hall–Kier alpha value is -2.73. The molecular weight excluding hydrogens is 346 g/mol. The Labute approximate surface area is 156 Å². The van der Waals surface area contributed by atoms with Crippen LogP contribution in [0.2, 0.25) is 0 Å². The zero-order valence-corrected chi connectivity index (χ0v) is 15.4. The van der Waals surface area contributed by atoms with Gasteiger partial charge >= 0.3 is 0 Å². The van der Waals surface area contributed by atoms with Gasteiger partial charge in [-0.25, -0.2) is 0 Å². The molecular formula is C20H19N3O2S. The van der Waals surface area contributed by atoms with E-state index in [-0.39, 0.29) is 17.9 Å². The topological polar surface area (TPSA) is 64.1 Å². The van der Waals surface area contributed by atoms with E-state index in [2.05, 4.69) is 22.4 Å². The van der Waals surface area contributed by atoms with E-state index in [4.69, 9.17) is 4.74 Å². The first-order valence-electron chi connectivity index (χ1n) is 8.59. The van der Waals surface area contributed by atoms with E-state index < -0.39 is 0 Å². The number of nitrogens with one attached hydrogen (secondary N) is 1. The summed E-state index contributed by atoms with van der Waals surface area (Å²) in [7, 11) is 0. The lowest BCUT2D eigenvalue weighted by Crippen LogP contribution is -2.14. The molecule has 1 aliphatic heterocycles. The number of nitrogens with zero attached hydrogens (tertiary/aromatic N) is 2. The van der Waals surface area contributed by atoms with E-state index >= 15 is 0 Å². The maximum Gasteiger partial charge on any atom is 0.261 e. The molecule has 132 valence electrons. The van der Waals surface area contributed by atoms with Crippen molar-refractivity contribution in [1.82, 2.24) is 10.2 Å². The third-order valence-corrected chi connectivity index (χ3v) is 5.51. The Morgan fingerprint density at radius 1 is 1.12 bits per heavy atom. The molecule has 0 fully saturated rings. The second-order valence-corrected chi connectivity index (χ2v) is 7.52. The highest BCUT2D eigenvalue weighted by Gasteiger charge is 2.31. The van der Waals surface area contributed by atoms with Crippen LogP contribution in [0.1, 0.15) is 46.3 Å². The molecule has 0 unspecified atom stereocenters. The molecule has 0 bridgehead atoms. The van der Waals surface area contributed by atoms with Gasteiger partial charge in [0.2, 0.25) is 5.13 Å². The number of hydrogen-bond donors (Lipinski definition) is 1. The first kappa shape index (κ1) is 16.7. The number of anilines is 1. The first-order chi connectivity index (χ1) is 12.6. The van der Waals surface area contributed by atoms with Gasteiger partial charge in [-0.2, -0.15) is 0 Å². The molecule has 4 rings (SSSR count). The van der Waals surface area contributed by atoms with Crippen LogP contribution in [0.25, 0.3) is 0 Å². The molecule has 0 saturated heterocycles. The molecule has 3 aromatic rings. The van der Waals surface area contributed by atoms with E-state index in [0.717, 1.165) is 10.6 Å². The van der Waals surface area contributed by atoms with E-state index in [1.807, 2.05) is 49.4 Å². The predicted molar refractivity (Wildman–Crippen MR) is 102 cm³/mol. The highest BCUT2D eigenvalue weighted by atomic mass is 32.1. The number of amides is 1. The van der Waals surface area contributed by atoms with Crippen molar-refractivity contribution in [3.63, 3.8) is 0 Å². The fourth-order valence-corrected chi connectivity index (χ4v) is 3.84. The summed E-state index contributed by atoms with van der Waals surface area (Å²) in [5, 5.41) is 12.5. The van der Waals surface area contributed by atoms with Gasteiger partial charge in [-0.05, 0) is 18.6 Å². The SMILES string of the molecule is C[C@H]1Oc2c(C(=O)Nc3nnc(Cc4ccccc4)s3)cccc2[C@@H]1C. The molecule has 1 aromatic heterocycles. The van der Waals surface area contributed by atoms with Gasteiger partial charge in [0.1, 0.15) is 16.9 Å². The zero-order valence-electron chi connectivity index (χ0n) is 14.6. The van der Waals surface area contributed by atoms with E-state index in [1.54, 1.807) is 6.07 Å². The van der Waals surface area contributed by atoms with Crippen molar-refractivity contribution in [3.8, 4) is 5.75 Å². The number of hydrogen-bond acceptors (Lipinski definition) is 5. The lowest BCUT2D eigenvalue weighted by Gasteiger charge is -2.08. The highest BCUT2D eigenvalue weighted by molar-refractivity contribution is 7.15. The summed E-state index contributed by atoms with van der Waals surface area (Å²) in [5.41, 5.74) is 2.78. The van der Waals surface area contributed by atoms with Crippen molar-refractivity contribution in [2.45, 2.75) is 32.3 Å². The third-order valence-electron chi connectivity index (χ3n) is 4.67. The van der Waals surface area contributed by atoms with Crippen LogP contribution in [0.4, 0.5) is 5.13 Å². The van der Waals surface area contributed by atoms with Gasteiger partial charge < -0.3 is 4.74 Å². The van der Waals surface area contributed by atoms with Crippen LogP contribution in [-0.2, 0) is 6.42 Å². The Morgan fingerprint density at radius 3 is 2.73 bits per heavy atom. The number of aromatic nitrogens is 2. The molecule has 0 aliphatic carbocycles. The van der Waals surface area contributed by atoms with Crippen molar-refractivity contribution < 1.29 is 9.53 Å². The van der Waals surface area contributed by atoms with Crippen LogP contribution >= 0.6 is 11.3 Å². The number of carbonyl (C=O) groups is 1. The summed E-state index contributed by atoms with van der Waals surface area (Å²) < 4.78 is 5.90. The maximum atomic E-state index is 12.7. The first-order valence-corrected chi connectivity index (χ1v) is 9.40. The number of carbonyl (C=O) groups excluding carboxylic acids is 1. The third kappa shape index (κ3) is 3.20. The fourth-order valence-electron chi connectivity index (χ4n) is 3.08. The van der Waals surface area contributed by atoms with Gasteiger partial charge in [-0.15, -0.1) is 10.2 Å². The van der Waals surface area contributed by atoms with E-state index in [9.17, 15) is 4.79 Å². The number of benzene rings is 2. The minimum Gasteiger partial charge on any atom is -0.489 e. The van der Waals surface area contributed by atoms with Gasteiger partial charge in [0.15, 0.2) is 0 Å². The molecule has 5 nitrogen and oxygen atoms in total. The lowest BCUT2D eigenvalue weighted by molar-refractivity contribution is 0.102. The summed E-state index contributed by atoms with van der Waals surface area (Å²) in [6.45, 7) is 4.13. The van der Waals surface area contributed by atoms with Gasteiger partial charge in [0, 0.05) is 17.9 Å². The molecule has 0 spiro atoms. The van der Waals surface area contributed by atoms with Crippen molar-refractivity contribution in [2.24, 2.45) is 0 Å². The molecule has 2 aromatic carbocycles. The Balaban J connectivity index is 1.50. The standard InChI is InChI=1S/C20H19N3O2S/c1-12-13(2)25-18-15(12)9-6-10-16(18)19(24)21-20-23-22-17(26-20)11-14-7-4-3-5-8-14/h3-10,12-13H,11H2,1-2H3,(H,21,23,24)/t12-,13-/m1/s1. The van der Waals surface area contributed by atoms with Crippen molar-refractivity contribution >= 4 is 22.4 Å². The van der Waals surface area contributed by atoms with Gasteiger partial charge in [-0.3, -0.25) is 10.1 Å². The molecule has 2 heterocycles. The number of rotatable bonds is 4. The van der Waals surface area contributed by atoms with Crippen molar-refractivity contribution in [2.75, 3.05) is 5.32 Å². The number of fused-ring (bicyclic) bond motifs is 1. The molecule has 1 aliphatic rings. The van der Waals surface area contributed by atoms with Crippen molar-refractivity contribution in [3.05, 3.63) is 70.2 Å². The highest BCUT2D eigenvalue weighted by Crippen LogP contribution is 2.40. The summed E-state index contributed by atoms with van der Waals surface area (Å²) in [4.78, 5) is 12.7. The van der Waals surface area contributed by atoms with E-state index in [1.165, 1.54) is 16.9 Å². The Morgan fingerprint density at radius 2 is 1.92 bits per heavy atom. The summed E-state index contributed by atoms with van der Waals surface area (Å²) >= 11 is 1.39. The van der Waals surface area contributed by atoms with Crippen LogP contribution in [0.3, 0.4) is 0 Å². The fraction of sp³-hybridized carbons (Fsp3) is 0.250. The Bertz CT molecular complexity index is 939. The minimum absolute atomic E-state index is 0.0676. The second kappa shape index (κ2) is 6.88. The summed E-state index contributed by atoms with van der Waals surface area (Å²) in [5.74, 6) is 0.737. The number of para-hydroxylation sites is 1. The average Bonchev–Trinajstić information content (AvgIpc) is 3.20. The minimum atomic E-state index is -0.217. The van der Waals surface area contributed by atoms with Crippen LogP contribution < -0.4 is 10.1 Å². The monoisotopic (exact) mass is 365 g/mol. The number of ether oxygens (including phenoxy) is 1. The average molecular weight is 365 g/mol. The summed E-state index contributed by atoms with van der Waals surface area (Å²) in [6, 6.07) is 15.8. The van der Waals surface area contributed by atoms with Crippen LogP contribution in [0.15, 0.2) is 48.5 Å². The van der Waals surface area contributed by atoms with E-state index in [0.29, 0.717) is 22.9 Å². The van der Waals surface area contributed by atoms with Gasteiger partial charge in [-0.1, -0.05) is 60.7 Å². The van der Waals surface area contributed by atoms with Crippen LogP contribution in [0, 0.1) is 0 Å². The Kier molecular flexibility index (Phi) is 4.42. The second-order valence-electron chi connectivity index (χ2n) is 6.45. The maximum absolute atomic E-state index is 12.7. The largest absolute Gasteiger partial charge is 0.489 e. The van der Waals surface area contributed by atoms with Crippen molar-refractivity contribution in [1.29, 1.82) is 0 Å². The molecule has 26 heavy (non-hydrogen) atoms. The zero-order chi connectivity index (χ0) is 18.1. The molecule has 1 amide bonds. The molecule has 2 atom stereocenters. The predicted octanol–water partition coefficient (Wildman–Crippen LogP) is 4.27. The molecule has 0 saturated carbocycles. The van der Waals surface area contributed by atoms with Gasteiger partial charge in [0.05, 0.1) is 5.56 Å². The summed E-state index contributed by atoms with van der Waals surface area (Å²) in [6.07, 6.45) is 0.769. The molecule has 6 heteroatoms. The smallest absolute Gasteiger partial charge is 0.261 e. The molecule has 1 N–H and O–H groups in total. The molecule has 0 radical (unpaired) electrons. The van der Waals surface area contributed by atoms with Gasteiger partial charge in [0.25, 0.3) is 5.91 Å². The normalized spacial score (nSPS) is 18.2.